The number of pyridine rings is 1. The summed E-state index contributed by atoms with van der Waals surface area (Å²) < 4.78 is 0.953. The number of piperidine rings is 3. The van der Waals surface area contributed by atoms with E-state index in [2.05, 4.69) is 54.0 Å². The van der Waals surface area contributed by atoms with Gasteiger partial charge >= 0.3 is 0 Å². The highest BCUT2D eigenvalue weighted by atomic mass is 16.3. The van der Waals surface area contributed by atoms with Crippen LogP contribution in [0.4, 0.5) is 0 Å². The molecule has 6 rings (SSSR count). The molecule has 0 radical (unpaired) electrons. The number of rotatable bonds is 5. The van der Waals surface area contributed by atoms with Crippen molar-refractivity contribution >= 4 is 10.9 Å². The zero-order valence-electron chi connectivity index (χ0n) is 16.8. The van der Waals surface area contributed by atoms with Gasteiger partial charge in [0.2, 0.25) is 0 Å². The van der Waals surface area contributed by atoms with E-state index < -0.39 is 6.10 Å². The molecule has 5 atom stereocenters. The van der Waals surface area contributed by atoms with Gasteiger partial charge in [0.1, 0.15) is 18.7 Å². The molecular formula is C26H29N2O+. The van der Waals surface area contributed by atoms with E-state index in [-0.39, 0.29) is 6.04 Å². The van der Waals surface area contributed by atoms with Crippen LogP contribution in [-0.2, 0) is 6.54 Å². The van der Waals surface area contributed by atoms with Crippen molar-refractivity contribution in [3.8, 4) is 0 Å². The number of aliphatic hydroxyl groups is 1. The average molecular weight is 386 g/mol. The van der Waals surface area contributed by atoms with Gasteiger partial charge in [0.05, 0.1) is 18.6 Å². The van der Waals surface area contributed by atoms with Crippen LogP contribution in [0.3, 0.4) is 0 Å². The van der Waals surface area contributed by atoms with E-state index in [1.807, 2.05) is 30.5 Å². The maximum absolute atomic E-state index is 11.7. The first-order valence-electron chi connectivity index (χ1n) is 10.7. The Hall–Kier alpha value is -2.49. The molecule has 2 aromatic carbocycles. The zero-order chi connectivity index (χ0) is 19.8. The van der Waals surface area contributed by atoms with Crippen LogP contribution >= 0.6 is 0 Å². The van der Waals surface area contributed by atoms with Gasteiger partial charge in [0.15, 0.2) is 0 Å². The first-order chi connectivity index (χ1) is 14.2. The highest BCUT2D eigenvalue weighted by Crippen LogP contribution is 2.47. The predicted molar refractivity (Wildman–Crippen MR) is 117 cm³/mol. The summed E-state index contributed by atoms with van der Waals surface area (Å²) in [6.07, 6.45) is 5.79. The summed E-state index contributed by atoms with van der Waals surface area (Å²) in [5.74, 6) is 1.18. The quantitative estimate of drug-likeness (QED) is 0.502. The molecule has 3 saturated heterocycles. The summed E-state index contributed by atoms with van der Waals surface area (Å²) in [5.41, 5.74) is 3.33. The van der Waals surface area contributed by atoms with Gasteiger partial charge in [-0.3, -0.25) is 4.98 Å². The maximum atomic E-state index is 11.7. The third-order valence-electron chi connectivity index (χ3n) is 7.38. The number of aliphatic hydroxyl groups excluding tert-OH is 1. The number of para-hydroxylation sites is 1. The van der Waals surface area contributed by atoms with Crippen molar-refractivity contribution in [2.75, 3.05) is 13.1 Å². The summed E-state index contributed by atoms with van der Waals surface area (Å²) in [4.78, 5) is 4.50. The molecule has 3 aromatic rings. The van der Waals surface area contributed by atoms with Crippen molar-refractivity contribution in [3.05, 3.63) is 90.6 Å². The Balaban J connectivity index is 1.56. The van der Waals surface area contributed by atoms with Crippen molar-refractivity contribution in [3.63, 3.8) is 0 Å². The molecule has 3 aliphatic rings. The Morgan fingerprint density at radius 2 is 1.90 bits per heavy atom. The van der Waals surface area contributed by atoms with Crippen LogP contribution in [0.25, 0.3) is 10.9 Å². The number of benzene rings is 2. The van der Waals surface area contributed by atoms with Gasteiger partial charge in [-0.25, -0.2) is 0 Å². The molecule has 3 heteroatoms. The van der Waals surface area contributed by atoms with Crippen molar-refractivity contribution in [2.45, 2.75) is 31.5 Å². The molecule has 0 saturated carbocycles. The third-order valence-corrected chi connectivity index (χ3v) is 7.38. The van der Waals surface area contributed by atoms with Crippen LogP contribution < -0.4 is 0 Å². The van der Waals surface area contributed by atoms with Crippen LogP contribution in [0.1, 0.15) is 30.1 Å². The minimum atomic E-state index is -0.486. The molecule has 3 nitrogen and oxygen atoms in total. The lowest BCUT2D eigenvalue weighted by Gasteiger charge is -2.58. The second-order valence-corrected chi connectivity index (χ2v) is 8.88. The Morgan fingerprint density at radius 3 is 2.72 bits per heavy atom. The van der Waals surface area contributed by atoms with E-state index in [9.17, 15) is 5.11 Å². The Morgan fingerprint density at radius 1 is 1.10 bits per heavy atom. The fraction of sp³-hybridized carbons (Fsp3) is 0.346. The molecule has 4 heterocycles. The lowest BCUT2D eigenvalue weighted by molar-refractivity contribution is -0.984. The van der Waals surface area contributed by atoms with Crippen molar-refractivity contribution < 1.29 is 9.59 Å². The topological polar surface area (TPSA) is 33.1 Å². The SMILES string of the molecule is C=C[C@H]1C[N@@+]2(Cc3ccccc3)CC[C@H]1C[C@@H]2[C@@H](O)c1ccnc2ccccc12. The van der Waals surface area contributed by atoms with Crippen molar-refractivity contribution in [1.29, 1.82) is 0 Å². The van der Waals surface area contributed by atoms with Crippen LogP contribution in [0, 0.1) is 11.8 Å². The number of fused-ring (bicyclic) bond motifs is 4. The van der Waals surface area contributed by atoms with Crippen molar-refractivity contribution in [1.82, 2.24) is 4.98 Å². The number of hydrogen-bond donors (Lipinski definition) is 1. The monoisotopic (exact) mass is 385 g/mol. The fourth-order valence-electron chi connectivity index (χ4n) is 5.91. The van der Waals surface area contributed by atoms with Gasteiger partial charge in [-0.1, -0.05) is 54.6 Å². The lowest BCUT2D eigenvalue weighted by Crippen LogP contribution is -2.67. The molecule has 0 spiro atoms. The second kappa shape index (κ2) is 7.40. The molecule has 1 aromatic heterocycles. The molecule has 3 fully saturated rings. The zero-order valence-corrected chi connectivity index (χ0v) is 16.8. The van der Waals surface area contributed by atoms with Gasteiger partial charge in [-0.05, 0) is 23.6 Å². The minimum absolute atomic E-state index is 0.205. The first kappa shape index (κ1) is 18.5. The van der Waals surface area contributed by atoms with E-state index >= 15 is 0 Å². The molecule has 0 amide bonds. The number of hydrogen-bond acceptors (Lipinski definition) is 2. The normalized spacial score (nSPS) is 29.6. The molecular weight excluding hydrogens is 356 g/mol. The summed E-state index contributed by atoms with van der Waals surface area (Å²) >= 11 is 0. The fourth-order valence-corrected chi connectivity index (χ4v) is 5.91. The molecule has 148 valence electrons. The first-order valence-corrected chi connectivity index (χ1v) is 10.7. The van der Waals surface area contributed by atoms with Gasteiger partial charge in [-0.15, -0.1) is 6.58 Å². The van der Waals surface area contributed by atoms with E-state index in [4.69, 9.17) is 0 Å². The molecule has 2 bridgehead atoms. The van der Waals surface area contributed by atoms with Crippen LogP contribution in [0.2, 0.25) is 0 Å². The highest BCUT2D eigenvalue weighted by Gasteiger charge is 2.53. The molecule has 1 N–H and O–H groups in total. The van der Waals surface area contributed by atoms with Gasteiger partial charge in [0.25, 0.3) is 0 Å². The summed E-state index contributed by atoms with van der Waals surface area (Å²) in [5, 5.41) is 12.8. The molecule has 0 aliphatic carbocycles. The number of nitrogens with zero attached hydrogens (tertiary/aromatic N) is 2. The Bertz CT molecular complexity index is 1010. The summed E-state index contributed by atoms with van der Waals surface area (Å²) in [7, 11) is 0. The lowest BCUT2D eigenvalue weighted by atomic mass is 9.71. The van der Waals surface area contributed by atoms with Gasteiger partial charge in [0, 0.05) is 35.9 Å². The largest absolute Gasteiger partial charge is 0.382 e. The van der Waals surface area contributed by atoms with E-state index in [0.29, 0.717) is 11.8 Å². The van der Waals surface area contributed by atoms with E-state index in [0.717, 1.165) is 47.0 Å². The Labute approximate surface area is 172 Å². The Kier molecular flexibility index (Phi) is 4.73. The molecule has 0 unspecified atom stereocenters. The predicted octanol–water partition coefficient (Wildman–Crippen LogP) is 4.88. The van der Waals surface area contributed by atoms with Gasteiger partial charge < -0.3 is 9.59 Å². The van der Waals surface area contributed by atoms with Crippen molar-refractivity contribution in [2.24, 2.45) is 11.8 Å². The summed E-state index contributed by atoms with van der Waals surface area (Å²) in [6, 6.07) is 21.2. The minimum Gasteiger partial charge on any atom is -0.382 e. The summed E-state index contributed by atoms with van der Waals surface area (Å²) in [6.45, 7) is 7.32. The number of aromatic nitrogens is 1. The van der Waals surface area contributed by atoms with E-state index in [1.54, 1.807) is 0 Å². The van der Waals surface area contributed by atoms with Gasteiger partial charge in [-0.2, -0.15) is 0 Å². The molecule has 29 heavy (non-hydrogen) atoms. The van der Waals surface area contributed by atoms with Crippen LogP contribution in [0.5, 0.6) is 0 Å². The smallest absolute Gasteiger partial charge is 0.131 e. The van der Waals surface area contributed by atoms with Crippen LogP contribution in [-0.4, -0.2) is 33.7 Å². The number of quaternary nitrogens is 1. The third kappa shape index (κ3) is 3.19. The van der Waals surface area contributed by atoms with Crippen LogP contribution in [0.15, 0.2) is 79.5 Å². The highest BCUT2D eigenvalue weighted by molar-refractivity contribution is 5.82. The standard InChI is InChI=1S/C26H29N2O/c1-2-20-18-28(17-19-8-4-3-5-9-19)15-13-21(20)16-25(28)26(29)23-12-14-27-24-11-7-6-10-22(23)24/h2-12,14,20-21,25-26,29H,1,13,15-18H2/q+1/t20-,21-,25+,26-,28-/m0/s1. The maximum Gasteiger partial charge on any atom is 0.131 e. The molecule has 3 aliphatic heterocycles. The average Bonchev–Trinajstić information content (AvgIpc) is 2.78. The van der Waals surface area contributed by atoms with E-state index in [1.165, 1.54) is 12.0 Å². The second-order valence-electron chi connectivity index (χ2n) is 8.88.